The number of nitrogen functional groups attached to an aromatic ring is 1. The van der Waals surface area contributed by atoms with Crippen LogP contribution in [0.3, 0.4) is 0 Å². The van der Waals surface area contributed by atoms with E-state index in [-0.39, 0.29) is 5.71 Å². The molecule has 1 fully saturated rings. The number of benzene rings is 1. The van der Waals surface area contributed by atoms with Gasteiger partial charge in [0.15, 0.2) is 0 Å². The summed E-state index contributed by atoms with van der Waals surface area (Å²) in [6.07, 6.45) is 3.13. The molecule has 0 radical (unpaired) electrons. The molecule has 1 aromatic heterocycles. The van der Waals surface area contributed by atoms with E-state index in [0.29, 0.717) is 42.8 Å². The van der Waals surface area contributed by atoms with Crippen LogP contribution in [-0.2, 0) is 15.9 Å². The van der Waals surface area contributed by atoms with Gasteiger partial charge in [0.05, 0.1) is 30.8 Å². The van der Waals surface area contributed by atoms with Crippen molar-refractivity contribution >= 4 is 11.4 Å². The summed E-state index contributed by atoms with van der Waals surface area (Å²) in [6.45, 7) is 2.61. The lowest BCUT2D eigenvalue weighted by Crippen LogP contribution is -2.28. The van der Waals surface area contributed by atoms with E-state index in [4.69, 9.17) is 20.6 Å². The Labute approximate surface area is 158 Å². The zero-order valence-electron chi connectivity index (χ0n) is 15.2. The van der Waals surface area contributed by atoms with E-state index < -0.39 is 5.82 Å². The van der Waals surface area contributed by atoms with Crippen LogP contribution in [0.1, 0.15) is 29.8 Å². The second kappa shape index (κ2) is 9.55. The Morgan fingerprint density at radius 2 is 2.26 bits per heavy atom. The first-order valence-corrected chi connectivity index (χ1v) is 9.14. The number of ether oxygens (including phenoxy) is 2. The molecular formula is C20H25FN4O2. The molecule has 4 N–H and O–H groups in total. The molecule has 1 atom stereocenters. The standard InChI is InChI=1S/C20H25FN4O2/c21-15-4-1-3-14(11-15)19(23)20-18(22)7-6-16(25-20)8-10-26-13-24-12-17-5-2-9-27-17/h1,3-4,6-7,11,17,23-24H,2,5,8-10,12-13,22H2. The van der Waals surface area contributed by atoms with Crippen LogP contribution in [0.25, 0.3) is 0 Å². The predicted molar refractivity (Wildman–Crippen MR) is 102 cm³/mol. The van der Waals surface area contributed by atoms with Gasteiger partial charge in [-0.2, -0.15) is 0 Å². The fourth-order valence-corrected chi connectivity index (χ4v) is 2.98. The first kappa shape index (κ1) is 19.4. The minimum absolute atomic E-state index is 0.105. The number of anilines is 1. The number of halogens is 1. The smallest absolute Gasteiger partial charge is 0.123 e. The van der Waals surface area contributed by atoms with Crippen molar-refractivity contribution in [1.82, 2.24) is 10.3 Å². The average molecular weight is 372 g/mol. The van der Waals surface area contributed by atoms with Gasteiger partial charge in [-0.3, -0.25) is 10.7 Å². The largest absolute Gasteiger partial charge is 0.397 e. The van der Waals surface area contributed by atoms with Gasteiger partial charge in [0.2, 0.25) is 0 Å². The molecule has 1 aliphatic rings. The van der Waals surface area contributed by atoms with E-state index in [1.54, 1.807) is 18.2 Å². The SMILES string of the molecule is N=C(c1cccc(F)c1)c1nc(CCOCNCC2CCCO2)ccc1N. The quantitative estimate of drug-likeness (QED) is 0.357. The zero-order valence-corrected chi connectivity index (χ0v) is 15.2. The number of nitrogens with zero attached hydrogens (tertiary/aromatic N) is 1. The molecule has 27 heavy (non-hydrogen) atoms. The summed E-state index contributed by atoms with van der Waals surface area (Å²) in [4.78, 5) is 4.47. The molecule has 1 unspecified atom stereocenters. The van der Waals surface area contributed by atoms with Crippen LogP contribution in [0.4, 0.5) is 10.1 Å². The number of nitrogens with one attached hydrogen (secondary N) is 2. The Kier molecular flexibility index (Phi) is 6.86. The second-order valence-corrected chi connectivity index (χ2v) is 6.52. The van der Waals surface area contributed by atoms with E-state index in [0.717, 1.165) is 31.7 Å². The van der Waals surface area contributed by atoms with Gasteiger partial charge in [0.25, 0.3) is 0 Å². The molecular weight excluding hydrogens is 347 g/mol. The minimum Gasteiger partial charge on any atom is -0.397 e. The summed E-state index contributed by atoms with van der Waals surface area (Å²) in [5, 5.41) is 11.5. The van der Waals surface area contributed by atoms with Crippen molar-refractivity contribution in [3.63, 3.8) is 0 Å². The van der Waals surface area contributed by atoms with Gasteiger partial charge in [-0.15, -0.1) is 0 Å². The minimum atomic E-state index is -0.393. The molecule has 7 heteroatoms. The number of nitrogens with two attached hydrogens (primary N) is 1. The lowest BCUT2D eigenvalue weighted by atomic mass is 10.0. The number of hydrogen-bond donors (Lipinski definition) is 3. The fourth-order valence-electron chi connectivity index (χ4n) is 2.98. The van der Waals surface area contributed by atoms with E-state index in [1.807, 2.05) is 6.07 Å². The summed E-state index contributed by atoms with van der Waals surface area (Å²) >= 11 is 0. The highest BCUT2D eigenvalue weighted by molar-refractivity contribution is 6.12. The first-order valence-electron chi connectivity index (χ1n) is 9.14. The van der Waals surface area contributed by atoms with Crippen molar-refractivity contribution in [3.8, 4) is 0 Å². The van der Waals surface area contributed by atoms with Crippen molar-refractivity contribution in [2.75, 3.05) is 32.2 Å². The highest BCUT2D eigenvalue weighted by Gasteiger charge is 2.14. The molecule has 2 heterocycles. The molecule has 0 aliphatic carbocycles. The molecule has 6 nitrogen and oxygen atoms in total. The maximum atomic E-state index is 13.4. The number of aromatic nitrogens is 1. The van der Waals surface area contributed by atoms with Gasteiger partial charge in [-0.1, -0.05) is 12.1 Å². The van der Waals surface area contributed by atoms with Crippen LogP contribution in [-0.4, -0.2) is 43.3 Å². The van der Waals surface area contributed by atoms with Crippen molar-refractivity contribution in [2.45, 2.75) is 25.4 Å². The van der Waals surface area contributed by atoms with Gasteiger partial charge in [-0.25, -0.2) is 9.37 Å². The Morgan fingerprint density at radius 1 is 1.37 bits per heavy atom. The maximum Gasteiger partial charge on any atom is 0.123 e. The fraction of sp³-hybridized carbons (Fsp3) is 0.400. The summed E-state index contributed by atoms with van der Waals surface area (Å²) in [5.41, 5.74) is 8.05. The number of pyridine rings is 1. The zero-order chi connectivity index (χ0) is 19.1. The van der Waals surface area contributed by atoms with Crippen molar-refractivity contribution in [3.05, 3.63) is 59.2 Å². The Hall–Kier alpha value is -2.35. The van der Waals surface area contributed by atoms with Crippen LogP contribution in [0, 0.1) is 11.2 Å². The van der Waals surface area contributed by atoms with E-state index in [1.165, 1.54) is 12.1 Å². The van der Waals surface area contributed by atoms with Crippen LogP contribution in [0.15, 0.2) is 36.4 Å². The molecule has 144 valence electrons. The van der Waals surface area contributed by atoms with E-state index in [9.17, 15) is 4.39 Å². The Balaban J connectivity index is 1.50. The molecule has 3 rings (SSSR count). The topological polar surface area (TPSA) is 93.2 Å². The summed E-state index contributed by atoms with van der Waals surface area (Å²) in [6, 6.07) is 9.42. The number of rotatable bonds is 9. The molecule has 0 spiro atoms. The monoisotopic (exact) mass is 372 g/mol. The average Bonchev–Trinajstić information content (AvgIpc) is 3.18. The number of hydrogen-bond acceptors (Lipinski definition) is 6. The van der Waals surface area contributed by atoms with Crippen LogP contribution >= 0.6 is 0 Å². The summed E-state index contributed by atoms with van der Waals surface area (Å²) in [7, 11) is 0. The van der Waals surface area contributed by atoms with Gasteiger partial charge in [0, 0.05) is 30.8 Å². The lowest BCUT2D eigenvalue weighted by molar-refractivity contribution is 0.0803. The third kappa shape index (κ3) is 5.56. The maximum absolute atomic E-state index is 13.4. The molecule has 1 aromatic carbocycles. The lowest BCUT2D eigenvalue weighted by Gasteiger charge is -2.12. The summed E-state index contributed by atoms with van der Waals surface area (Å²) < 4.78 is 24.5. The van der Waals surface area contributed by atoms with Gasteiger partial charge < -0.3 is 15.2 Å². The van der Waals surface area contributed by atoms with E-state index >= 15 is 0 Å². The molecule has 1 aliphatic heterocycles. The molecule has 0 amide bonds. The Morgan fingerprint density at radius 3 is 3.04 bits per heavy atom. The third-order valence-electron chi connectivity index (χ3n) is 4.44. The molecule has 0 saturated carbocycles. The molecule has 0 bridgehead atoms. The van der Waals surface area contributed by atoms with Crippen LogP contribution in [0.2, 0.25) is 0 Å². The molecule has 2 aromatic rings. The molecule has 1 saturated heterocycles. The normalized spacial score (nSPS) is 16.6. The van der Waals surface area contributed by atoms with Gasteiger partial charge >= 0.3 is 0 Å². The van der Waals surface area contributed by atoms with Crippen molar-refractivity contribution in [2.24, 2.45) is 0 Å². The highest BCUT2D eigenvalue weighted by atomic mass is 19.1. The van der Waals surface area contributed by atoms with Crippen molar-refractivity contribution < 1.29 is 13.9 Å². The first-order chi connectivity index (χ1) is 13.1. The summed E-state index contributed by atoms with van der Waals surface area (Å²) in [5.74, 6) is -0.393. The van der Waals surface area contributed by atoms with Crippen LogP contribution in [0.5, 0.6) is 0 Å². The van der Waals surface area contributed by atoms with Crippen LogP contribution < -0.4 is 11.1 Å². The second-order valence-electron chi connectivity index (χ2n) is 6.52. The van der Waals surface area contributed by atoms with Gasteiger partial charge in [0.1, 0.15) is 11.5 Å². The van der Waals surface area contributed by atoms with Gasteiger partial charge in [-0.05, 0) is 37.1 Å². The predicted octanol–water partition coefficient (Wildman–Crippen LogP) is 2.50. The third-order valence-corrected chi connectivity index (χ3v) is 4.44. The Bertz CT molecular complexity index is 778. The van der Waals surface area contributed by atoms with Crippen molar-refractivity contribution in [1.29, 1.82) is 5.41 Å². The van der Waals surface area contributed by atoms with E-state index in [2.05, 4.69) is 10.3 Å². The highest BCUT2D eigenvalue weighted by Crippen LogP contribution is 2.16.